The Balaban J connectivity index is 1.79. The van der Waals surface area contributed by atoms with Crippen molar-refractivity contribution in [2.24, 2.45) is 5.10 Å². The Morgan fingerprint density at radius 2 is 1.50 bits per heavy atom. The van der Waals surface area contributed by atoms with Crippen LogP contribution < -0.4 is 16.0 Å². The molecule has 0 bridgehead atoms. The third kappa shape index (κ3) is 4.48. The molecule has 1 amide bonds. The van der Waals surface area contributed by atoms with Crippen molar-refractivity contribution >= 4 is 29.9 Å². The summed E-state index contributed by atoms with van der Waals surface area (Å²) >= 11 is 0. The summed E-state index contributed by atoms with van der Waals surface area (Å²) in [5.41, 5.74) is 2.68. The molecule has 0 spiro atoms. The molecule has 0 radical (unpaired) electrons. The quantitative estimate of drug-likeness (QED) is 0.340. The van der Waals surface area contributed by atoms with Crippen molar-refractivity contribution < 1.29 is 19.6 Å². The van der Waals surface area contributed by atoms with Crippen LogP contribution >= 0.6 is 7.14 Å². The zero-order valence-corrected chi connectivity index (χ0v) is 15.8. The molecule has 28 heavy (non-hydrogen) atoms. The SMILES string of the molecule is O=C(CP(=O)(c1ccccc1)c1ccccc1)N/N=C\c1ccc(O)cc1O. The van der Waals surface area contributed by atoms with Crippen LogP contribution in [0.4, 0.5) is 0 Å². The van der Waals surface area contributed by atoms with Crippen LogP contribution in [0.1, 0.15) is 5.56 Å². The molecule has 0 fully saturated rings. The van der Waals surface area contributed by atoms with Crippen LogP contribution in [0.3, 0.4) is 0 Å². The van der Waals surface area contributed by atoms with E-state index in [1.54, 1.807) is 48.5 Å². The van der Waals surface area contributed by atoms with E-state index in [4.69, 9.17) is 0 Å². The van der Waals surface area contributed by atoms with E-state index in [1.165, 1.54) is 24.4 Å². The smallest absolute Gasteiger partial charge is 0.248 e. The van der Waals surface area contributed by atoms with Crippen LogP contribution in [0.15, 0.2) is 84.0 Å². The number of carbonyl (C=O) groups excluding carboxylic acids is 1. The highest BCUT2D eigenvalue weighted by Gasteiger charge is 2.30. The van der Waals surface area contributed by atoms with Gasteiger partial charge in [0.1, 0.15) is 11.5 Å². The van der Waals surface area contributed by atoms with Crippen LogP contribution in [0.25, 0.3) is 0 Å². The lowest BCUT2D eigenvalue weighted by Crippen LogP contribution is -2.28. The van der Waals surface area contributed by atoms with E-state index in [0.29, 0.717) is 16.2 Å². The number of hydrogen-bond acceptors (Lipinski definition) is 5. The highest BCUT2D eigenvalue weighted by molar-refractivity contribution is 7.79. The fraction of sp³-hybridized carbons (Fsp3) is 0.0476. The van der Waals surface area contributed by atoms with Gasteiger partial charge < -0.3 is 14.8 Å². The minimum Gasteiger partial charge on any atom is -0.508 e. The van der Waals surface area contributed by atoms with Crippen molar-refractivity contribution in [3.63, 3.8) is 0 Å². The van der Waals surface area contributed by atoms with Gasteiger partial charge in [-0.2, -0.15) is 5.10 Å². The average Bonchev–Trinajstić information content (AvgIpc) is 2.71. The summed E-state index contributed by atoms with van der Waals surface area (Å²) in [5, 5.41) is 24.0. The summed E-state index contributed by atoms with van der Waals surface area (Å²) < 4.78 is 13.8. The Hall–Kier alpha value is -3.37. The van der Waals surface area contributed by atoms with Crippen molar-refractivity contribution in [1.29, 1.82) is 0 Å². The number of amides is 1. The average molecular weight is 394 g/mol. The second kappa shape index (κ2) is 8.55. The molecule has 0 saturated heterocycles. The maximum atomic E-state index is 13.8. The molecule has 6 nitrogen and oxygen atoms in total. The molecule has 0 saturated carbocycles. The fourth-order valence-corrected chi connectivity index (χ4v) is 5.17. The summed E-state index contributed by atoms with van der Waals surface area (Å²) in [5.74, 6) is -0.756. The zero-order chi connectivity index (χ0) is 20.0. The first-order valence-corrected chi connectivity index (χ1v) is 10.4. The highest BCUT2D eigenvalue weighted by atomic mass is 31.2. The van der Waals surface area contributed by atoms with Crippen molar-refractivity contribution in [2.45, 2.75) is 0 Å². The molecule has 3 N–H and O–H groups in total. The summed E-state index contributed by atoms with van der Waals surface area (Å²) in [6.07, 6.45) is 1.02. The number of carbonyl (C=O) groups is 1. The molecule has 0 aliphatic carbocycles. The van der Waals surface area contributed by atoms with E-state index < -0.39 is 13.0 Å². The lowest BCUT2D eigenvalue weighted by molar-refractivity contribution is -0.118. The van der Waals surface area contributed by atoms with Gasteiger partial charge in [0, 0.05) is 22.2 Å². The van der Waals surface area contributed by atoms with Gasteiger partial charge in [-0.25, -0.2) is 5.43 Å². The Kier molecular flexibility index (Phi) is 5.92. The van der Waals surface area contributed by atoms with Gasteiger partial charge in [-0.1, -0.05) is 60.7 Å². The predicted molar refractivity (Wildman–Crippen MR) is 110 cm³/mol. The minimum atomic E-state index is -3.18. The monoisotopic (exact) mass is 394 g/mol. The summed E-state index contributed by atoms with van der Waals surface area (Å²) in [7, 11) is -3.18. The van der Waals surface area contributed by atoms with Crippen LogP contribution in [-0.2, 0) is 9.36 Å². The van der Waals surface area contributed by atoms with Crippen LogP contribution in [0.2, 0.25) is 0 Å². The second-order valence-electron chi connectivity index (χ2n) is 6.11. The third-order valence-electron chi connectivity index (χ3n) is 4.12. The Labute approximate surface area is 162 Å². The number of nitrogens with zero attached hydrogens (tertiary/aromatic N) is 1. The molecule has 3 aromatic rings. The molecule has 0 unspecified atom stereocenters. The third-order valence-corrected chi connectivity index (χ3v) is 7.12. The molecule has 0 aliphatic heterocycles. The molecule has 0 heterocycles. The molecule has 0 atom stereocenters. The maximum absolute atomic E-state index is 13.8. The first-order chi connectivity index (χ1) is 13.5. The molecule has 0 aliphatic rings. The van der Waals surface area contributed by atoms with Crippen molar-refractivity contribution in [2.75, 3.05) is 6.16 Å². The van der Waals surface area contributed by atoms with E-state index >= 15 is 0 Å². The van der Waals surface area contributed by atoms with E-state index in [-0.39, 0.29) is 17.7 Å². The Morgan fingerprint density at radius 1 is 0.929 bits per heavy atom. The van der Waals surface area contributed by atoms with Crippen molar-refractivity contribution in [1.82, 2.24) is 5.43 Å². The summed E-state index contributed by atoms with van der Waals surface area (Å²) in [4.78, 5) is 12.4. The normalized spacial score (nSPS) is 11.4. The maximum Gasteiger partial charge on any atom is 0.248 e. The molecule has 3 rings (SSSR count). The minimum absolute atomic E-state index is 0.0784. The van der Waals surface area contributed by atoms with Gasteiger partial charge in [-0.3, -0.25) is 4.79 Å². The van der Waals surface area contributed by atoms with Gasteiger partial charge in [0.15, 0.2) is 7.14 Å². The largest absolute Gasteiger partial charge is 0.508 e. The number of hydrazone groups is 1. The molecular formula is C21H19N2O4P. The molecule has 7 heteroatoms. The standard InChI is InChI=1S/C21H19N2O4P/c24-17-12-11-16(20(25)13-17)14-22-23-21(26)15-28(27,18-7-3-1-4-8-18)19-9-5-2-6-10-19/h1-14,24-25H,15H2,(H,23,26)/b22-14-. The Bertz CT molecular complexity index is 993. The first kappa shape index (κ1) is 19.4. The number of hydrogen-bond donors (Lipinski definition) is 3. The number of benzene rings is 3. The van der Waals surface area contributed by atoms with E-state index in [0.717, 1.165) is 0 Å². The second-order valence-corrected chi connectivity index (χ2v) is 8.93. The van der Waals surface area contributed by atoms with Gasteiger partial charge in [0.05, 0.1) is 12.4 Å². The lowest BCUT2D eigenvalue weighted by atomic mass is 10.2. The number of nitrogens with one attached hydrogen (secondary N) is 1. The lowest BCUT2D eigenvalue weighted by Gasteiger charge is -2.18. The van der Waals surface area contributed by atoms with Gasteiger partial charge in [-0.05, 0) is 12.1 Å². The van der Waals surface area contributed by atoms with Crippen molar-refractivity contribution in [3.05, 3.63) is 84.4 Å². The highest BCUT2D eigenvalue weighted by Crippen LogP contribution is 2.42. The van der Waals surface area contributed by atoms with Crippen LogP contribution in [0.5, 0.6) is 11.5 Å². The van der Waals surface area contributed by atoms with Gasteiger partial charge >= 0.3 is 0 Å². The number of rotatable bonds is 6. The topological polar surface area (TPSA) is 99.0 Å². The fourth-order valence-electron chi connectivity index (χ4n) is 2.72. The zero-order valence-electron chi connectivity index (χ0n) is 14.9. The van der Waals surface area contributed by atoms with E-state index in [1.807, 2.05) is 12.1 Å². The Morgan fingerprint density at radius 3 is 2.04 bits per heavy atom. The molecule has 0 aromatic heterocycles. The van der Waals surface area contributed by atoms with Crippen molar-refractivity contribution in [3.8, 4) is 11.5 Å². The van der Waals surface area contributed by atoms with Gasteiger partial charge in [0.2, 0.25) is 5.91 Å². The summed E-state index contributed by atoms with van der Waals surface area (Å²) in [6, 6.07) is 21.8. The van der Waals surface area contributed by atoms with E-state index in [2.05, 4.69) is 10.5 Å². The predicted octanol–water partition coefficient (Wildman–Crippen LogP) is 2.56. The van der Waals surface area contributed by atoms with E-state index in [9.17, 15) is 19.6 Å². The number of phenols is 2. The number of aromatic hydroxyl groups is 2. The molecule has 3 aromatic carbocycles. The van der Waals surface area contributed by atoms with Crippen LogP contribution in [0, 0.1) is 0 Å². The molecule has 142 valence electrons. The van der Waals surface area contributed by atoms with Crippen LogP contribution in [-0.4, -0.2) is 28.5 Å². The van der Waals surface area contributed by atoms with Gasteiger partial charge in [-0.15, -0.1) is 0 Å². The van der Waals surface area contributed by atoms with Gasteiger partial charge in [0.25, 0.3) is 0 Å². The number of phenolic OH excluding ortho intramolecular Hbond substituents is 2. The first-order valence-electron chi connectivity index (χ1n) is 8.53. The summed E-state index contributed by atoms with van der Waals surface area (Å²) in [6.45, 7) is 0. The molecular weight excluding hydrogens is 375 g/mol.